The number of hydrogen-bond donors (Lipinski definition) is 2. The maximum atomic E-state index is 12.1. The molecule has 21 heavy (non-hydrogen) atoms. The Morgan fingerprint density at radius 3 is 2.90 bits per heavy atom. The third-order valence-corrected chi connectivity index (χ3v) is 3.56. The molecule has 0 bridgehead atoms. The van der Waals surface area contributed by atoms with E-state index >= 15 is 0 Å². The minimum atomic E-state index is -0.461. The van der Waals surface area contributed by atoms with Gasteiger partial charge in [0.1, 0.15) is 17.6 Å². The molecule has 0 radical (unpaired) electrons. The van der Waals surface area contributed by atoms with Crippen molar-refractivity contribution in [3.63, 3.8) is 0 Å². The third kappa shape index (κ3) is 2.52. The lowest BCUT2D eigenvalue weighted by Crippen LogP contribution is -2.16. The number of hydrogen-bond acceptors (Lipinski definition) is 5. The number of benzene rings is 1. The average molecular weight is 288 g/mol. The van der Waals surface area contributed by atoms with Crippen LogP contribution >= 0.6 is 0 Å². The van der Waals surface area contributed by atoms with Gasteiger partial charge in [-0.1, -0.05) is 6.07 Å². The van der Waals surface area contributed by atoms with Gasteiger partial charge in [-0.2, -0.15) is 0 Å². The van der Waals surface area contributed by atoms with Crippen LogP contribution in [0.15, 0.2) is 33.2 Å². The standard InChI is InChI=1S/C16H16O5/c1-9(8-17)20-11-3-5-12-13-4-2-10(18)6-15(13)21-16(19)14(12)7-11/h3,5-7,9,17-18H,2,4,8H2,1H3. The Labute approximate surface area is 121 Å². The molecule has 0 fully saturated rings. The summed E-state index contributed by atoms with van der Waals surface area (Å²) in [5.41, 5.74) is 0.459. The van der Waals surface area contributed by atoms with Crippen LogP contribution in [0.1, 0.15) is 24.7 Å². The van der Waals surface area contributed by atoms with Crippen molar-refractivity contribution in [3.05, 3.63) is 45.7 Å². The first-order valence-corrected chi connectivity index (χ1v) is 6.85. The second-order valence-corrected chi connectivity index (χ2v) is 5.19. The zero-order valence-corrected chi connectivity index (χ0v) is 11.6. The molecule has 1 aromatic carbocycles. The van der Waals surface area contributed by atoms with Gasteiger partial charge in [0.25, 0.3) is 0 Å². The molecule has 110 valence electrons. The Morgan fingerprint density at radius 2 is 2.14 bits per heavy atom. The highest BCUT2D eigenvalue weighted by atomic mass is 16.5. The fourth-order valence-corrected chi connectivity index (χ4v) is 2.50. The van der Waals surface area contributed by atoms with Gasteiger partial charge in [-0.3, -0.25) is 0 Å². The predicted molar refractivity (Wildman–Crippen MR) is 78.6 cm³/mol. The highest BCUT2D eigenvalue weighted by Gasteiger charge is 2.18. The first kappa shape index (κ1) is 13.7. The molecule has 0 saturated carbocycles. The van der Waals surface area contributed by atoms with E-state index in [4.69, 9.17) is 14.3 Å². The molecule has 1 aliphatic rings. The summed E-state index contributed by atoms with van der Waals surface area (Å²) in [5, 5.41) is 19.8. The first-order valence-electron chi connectivity index (χ1n) is 6.85. The van der Waals surface area contributed by atoms with Crippen LogP contribution in [0.5, 0.6) is 5.75 Å². The molecule has 0 amide bonds. The van der Waals surface area contributed by atoms with Crippen LogP contribution in [0, 0.1) is 0 Å². The number of fused-ring (bicyclic) bond motifs is 3. The summed E-state index contributed by atoms with van der Waals surface area (Å²) in [6.07, 6.45) is 2.32. The van der Waals surface area contributed by atoms with Gasteiger partial charge >= 0.3 is 5.63 Å². The largest absolute Gasteiger partial charge is 0.512 e. The Morgan fingerprint density at radius 1 is 1.33 bits per heavy atom. The smallest absolute Gasteiger partial charge is 0.344 e. The van der Waals surface area contributed by atoms with Crippen molar-refractivity contribution in [1.29, 1.82) is 0 Å². The lowest BCUT2D eigenvalue weighted by molar-refractivity contribution is 0.130. The van der Waals surface area contributed by atoms with Crippen molar-refractivity contribution in [2.75, 3.05) is 6.61 Å². The summed E-state index contributed by atoms with van der Waals surface area (Å²) in [6, 6.07) is 5.22. The van der Waals surface area contributed by atoms with E-state index in [0.29, 0.717) is 29.7 Å². The van der Waals surface area contributed by atoms with Crippen molar-refractivity contribution < 1.29 is 19.4 Å². The molecule has 5 heteroatoms. The summed E-state index contributed by atoms with van der Waals surface area (Å²) in [5.74, 6) is 1.17. The molecule has 1 atom stereocenters. The minimum Gasteiger partial charge on any atom is -0.512 e. The first-order chi connectivity index (χ1) is 10.1. The Balaban J connectivity index is 2.14. The number of aliphatic hydroxyl groups is 2. The third-order valence-electron chi connectivity index (χ3n) is 3.56. The summed E-state index contributed by atoms with van der Waals surface area (Å²) < 4.78 is 10.8. The van der Waals surface area contributed by atoms with E-state index in [1.165, 1.54) is 6.08 Å². The van der Waals surface area contributed by atoms with Crippen LogP contribution in [0.2, 0.25) is 0 Å². The molecule has 1 aromatic heterocycles. The second kappa shape index (κ2) is 5.26. The highest BCUT2D eigenvalue weighted by molar-refractivity contribution is 5.88. The maximum Gasteiger partial charge on any atom is 0.344 e. The molecule has 2 N–H and O–H groups in total. The molecule has 0 saturated heterocycles. The van der Waals surface area contributed by atoms with Crippen molar-refractivity contribution in [2.24, 2.45) is 0 Å². The summed E-state index contributed by atoms with van der Waals surface area (Å²) in [7, 11) is 0. The van der Waals surface area contributed by atoms with Gasteiger partial charge in [-0.15, -0.1) is 0 Å². The SMILES string of the molecule is CC(CO)Oc1ccc2c3c(oc(=O)c2c1)C=C(O)CC3. The van der Waals surface area contributed by atoms with Gasteiger partial charge in [0, 0.05) is 18.1 Å². The molecule has 1 heterocycles. The van der Waals surface area contributed by atoms with E-state index in [1.54, 1.807) is 19.1 Å². The fourth-order valence-electron chi connectivity index (χ4n) is 2.50. The molecule has 1 unspecified atom stereocenters. The van der Waals surface area contributed by atoms with Crippen LogP contribution in [0.25, 0.3) is 16.8 Å². The van der Waals surface area contributed by atoms with Gasteiger partial charge in [0.2, 0.25) is 0 Å². The fraction of sp³-hybridized carbons (Fsp3) is 0.312. The normalized spacial score (nSPS) is 15.4. The van der Waals surface area contributed by atoms with E-state index in [0.717, 1.165) is 10.9 Å². The monoisotopic (exact) mass is 288 g/mol. The summed E-state index contributed by atoms with van der Waals surface area (Å²) in [6.45, 7) is 1.65. The molecule has 1 aliphatic carbocycles. The predicted octanol–water partition coefficient (Wildman–Crippen LogP) is 2.40. The number of ether oxygens (including phenoxy) is 1. The zero-order chi connectivity index (χ0) is 15.0. The van der Waals surface area contributed by atoms with Gasteiger partial charge in [0.15, 0.2) is 0 Å². The topological polar surface area (TPSA) is 79.9 Å². The Hall–Kier alpha value is -2.27. The second-order valence-electron chi connectivity index (χ2n) is 5.19. The molecular formula is C16H16O5. The van der Waals surface area contributed by atoms with Crippen molar-refractivity contribution >= 4 is 16.8 Å². The van der Waals surface area contributed by atoms with E-state index < -0.39 is 5.63 Å². The lowest BCUT2D eigenvalue weighted by Gasteiger charge is -2.15. The van der Waals surface area contributed by atoms with E-state index in [9.17, 15) is 9.90 Å². The summed E-state index contributed by atoms with van der Waals surface area (Å²) >= 11 is 0. The van der Waals surface area contributed by atoms with E-state index in [2.05, 4.69) is 0 Å². The van der Waals surface area contributed by atoms with Crippen LogP contribution in [-0.4, -0.2) is 22.9 Å². The molecule has 5 nitrogen and oxygen atoms in total. The Bertz CT molecular complexity index is 772. The van der Waals surface area contributed by atoms with Gasteiger partial charge in [0.05, 0.1) is 17.8 Å². The Kier molecular flexibility index (Phi) is 3.43. The van der Waals surface area contributed by atoms with E-state index in [-0.39, 0.29) is 18.5 Å². The van der Waals surface area contributed by atoms with Crippen LogP contribution in [0.4, 0.5) is 0 Å². The maximum absolute atomic E-state index is 12.1. The lowest BCUT2D eigenvalue weighted by atomic mass is 9.96. The molecule has 2 aromatic rings. The number of rotatable bonds is 3. The average Bonchev–Trinajstić information content (AvgIpc) is 2.47. The van der Waals surface area contributed by atoms with Crippen molar-refractivity contribution in [1.82, 2.24) is 0 Å². The van der Waals surface area contributed by atoms with Crippen LogP contribution < -0.4 is 10.4 Å². The molecule has 0 aliphatic heterocycles. The molecule has 3 rings (SSSR count). The zero-order valence-electron chi connectivity index (χ0n) is 11.6. The van der Waals surface area contributed by atoms with Crippen LogP contribution in [0.3, 0.4) is 0 Å². The van der Waals surface area contributed by atoms with Gasteiger partial charge in [-0.25, -0.2) is 4.79 Å². The van der Waals surface area contributed by atoms with Gasteiger partial charge in [-0.05, 0) is 30.9 Å². The molecular weight excluding hydrogens is 272 g/mol. The van der Waals surface area contributed by atoms with Gasteiger partial charge < -0.3 is 19.4 Å². The van der Waals surface area contributed by atoms with Crippen LogP contribution in [-0.2, 0) is 6.42 Å². The number of allylic oxidation sites excluding steroid dienone is 1. The number of aryl methyl sites for hydroxylation is 1. The highest BCUT2D eigenvalue weighted by Crippen LogP contribution is 2.29. The summed E-state index contributed by atoms with van der Waals surface area (Å²) in [4.78, 5) is 12.1. The minimum absolute atomic E-state index is 0.0963. The quantitative estimate of drug-likeness (QED) is 0.906. The number of aliphatic hydroxyl groups excluding tert-OH is 2. The van der Waals surface area contributed by atoms with Crippen molar-refractivity contribution in [3.8, 4) is 5.75 Å². The van der Waals surface area contributed by atoms with E-state index in [1.807, 2.05) is 6.07 Å². The molecule has 0 spiro atoms. The van der Waals surface area contributed by atoms with Crippen molar-refractivity contribution in [2.45, 2.75) is 25.9 Å².